The molecule has 2 aromatic carbocycles. The van der Waals surface area contributed by atoms with Crippen LogP contribution >= 0.6 is 0 Å². The zero-order valence-electron chi connectivity index (χ0n) is 27.5. The topological polar surface area (TPSA) is 158 Å². The monoisotopic (exact) mass is 661 g/mol. The van der Waals surface area contributed by atoms with Gasteiger partial charge in [0, 0.05) is 55.2 Å². The highest BCUT2D eigenvalue weighted by atomic mass is 19.1. The van der Waals surface area contributed by atoms with Crippen LogP contribution in [0.2, 0.25) is 0 Å². The molecule has 1 aliphatic heterocycles. The lowest BCUT2D eigenvalue weighted by Crippen LogP contribution is -2.41. The molecule has 2 aromatic heterocycles. The number of piperidine rings is 1. The summed E-state index contributed by atoms with van der Waals surface area (Å²) in [6, 6.07) is 8.62. The SMILES string of the molecule is Cn1ncc2cc(F)c(-c3cccc4c3c(C3CCN(C(=O)CCC=O)CC3)nn4CC(=O)NCC(=O)NCC(=O)OC(C)(C)C)cc21. The smallest absolute Gasteiger partial charge is 0.325 e. The summed E-state index contributed by atoms with van der Waals surface area (Å²) in [6.07, 6.45) is 3.88. The zero-order valence-corrected chi connectivity index (χ0v) is 27.5. The number of ether oxygens (including phenoxy) is 1. The Bertz CT molecular complexity index is 1870. The fourth-order valence-electron chi connectivity index (χ4n) is 5.99. The van der Waals surface area contributed by atoms with E-state index in [2.05, 4.69) is 15.7 Å². The average molecular weight is 662 g/mol. The minimum atomic E-state index is -0.691. The summed E-state index contributed by atoms with van der Waals surface area (Å²) in [4.78, 5) is 62.4. The number of nitrogens with one attached hydrogen (secondary N) is 2. The molecule has 2 N–H and O–H groups in total. The molecule has 5 rings (SSSR count). The van der Waals surface area contributed by atoms with Crippen LogP contribution in [0.3, 0.4) is 0 Å². The molecule has 0 radical (unpaired) electrons. The summed E-state index contributed by atoms with van der Waals surface area (Å²) in [5.41, 5.74) is 2.34. The van der Waals surface area contributed by atoms with Crippen molar-refractivity contribution in [2.45, 2.75) is 64.5 Å². The first-order chi connectivity index (χ1) is 22.8. The van der Waals surface area contributed by atoms with Gasteiger partial charge in [-0.3, -0.25) is 28.5 Å². The first-order valence-electron chi connectivity index (χ1n) is 15.9. The Hall–Kier alpha value is -5.14. The number of nitrogens with zero attached hydrogens (tertiary/aromatic N) is 5. The van der Waals surface area contributed by atoms with Gasteiger partial charge >= 0.3 is 5.97 Å². The summed E-state index contributed by atoms with van der Waals surface area (Å²) >= 11 is 0. The number of fused-ring (bicyclic) bond motifs is 2. The normalized spacial score (nSPS) is 13.9. The number of hydrogen-bond donors (Lipinski definition) is 2. The van der Waals surface area contributed by atoms with E-state index in [1.165, 1.54) is 6.07 Å². The maximum absolute atomic E-state index is 15.7. The van der Waals surface area contributed by atoms with Crippen molar-refractivity contribution in [3.05, 3.63) is 48.0 Å². The Morgan fingerprint density at radius 1 is 1.02 bits per heavy atom. The predicted octanol–water partition coefficient (Wildman–Crippen LogP) is 2.99. The summed E-state index contributed by atoms with van der Waals surface area (Å²) < 4.78 is 24.1. The van der Waals surface area contributed by atoms with Gasteiger partial charge in [0.2, 0.25) is 17.7 Å². The van der Waals surface area contributed by atoms with E-state index in [-0.39, 0.29) is 44.3 Å². The number of carbonyl (C=O) groups excluding carboxylic acids is 5. The Balaban J connectivity index is 1.40. The molecular formula is C34H40FN7O6. The minimum absolute atomic E-state index is 0.0741. The van der Waals surface area contributed by atoms with Crippen LogP contribution in [0.5, 0.6) is 0 Å². The summed E-state index contributed by atoms with van der Waals surface area (Å²) in [5, 5.41) is 15.5. The molecule has 1 fully saturated rings. The molecule has 1 saturated heterocycles. The van der Waals surface area contributed by atoms with Crippen molar-refractivity contribution >= 4 is 51.8 Å². The van der Waals surface area contributed by atoms with Gasteiger partial charge in [-0.1, -0.05) is 12.1 Å². The van der Waals surface area contributed by atoms with E-state index in [0.717, 1.165) is 11.8 Å². The van der Waals surface area contributed by atoms with Gasteiger partial charge in [-0.15, -0.1) is 0 Å². The third-order valence-corrected chi connectivity index (χ3v) is 8.23. The van der Waals surface area contributed by atoms with Gasteiger partial charge in [0.05, 0.1) is 29.5 Å². The maximum atomic E-state index is 15.7. The molecule has 14 heteroatoms. The van der Waals surface area contributed by atoms with E-state index in [1.54, 1.807) is 60.4 Å². The quantitative estimate of drug-likeness (QED) is 0.184. The number of halogens is 1. The van der Waals surface area contributed by atoms with Crippen molar-refractivity contribution in [3.8, 4) is 11.1 Å². The van der Waals surface area contributed by atoms with E-state index in [9.17, 15) is 24.0 Å². The maximum Gasteiger partial charge on any atom is 0.325 e. The highest BCUT2D eigenvalue weighted by molar-refractivity contribution is 6.00. The lowest BCUT2D eigenvalue weighted by molar-refractivity contribution is -0.154. The molecule has 0 bridgehead atoms. The van der Waals surface area contributed by atoms with Crippen molar-refractivity contribution in [2.75, 3.05) is 26.2 Å². The lowest BCUT2D eigenvalue weighted by atomic mass is 9.88. The molecule has 0 atom stereocenters. The molecule has 13 nitrogen and oxygen atoms in total. The van der Waals surface area contributed by atoms with Crippen LogP contribution in [-0.4, -0.2) is 86.2 Å². The van der Waals surface area contributed by atoms with E-state index in [4.69, 9.17) is 9.84 Å². The summed E-state index contributed by atoms with van der Waals surface area (Å²) in [7, 11) is 1.79. The van der Waals surface area contributed by atoms with Crippen LogP contribution in [0.25, 0.3) is 32.9 Å². The Morgan fingerprint density at radius 3 is 2.46 bits per heavy atom. The molecule has 3 heterocycles. The van der Waals surface area contributed by atoms with E-state index < -0.39 is 29.2 Å². The second kappa shape index (κ2) is 14.3. The summed E-state index contributed by atoms with van der Waals surface area (Å²) in [5.74, 6) is -2.22. The number of likely N-dealkylation sites (tertiary alicyclic amines) is 1. The molecule has 0 spiro atoms. The van der Waals surface area contributed by atoms with Crippen LogP contribution in [0.15, 0.2) is 36.5 Å². The van der Waals surface area contributed by atoms with Crippen LogP contribution < -0.4 is 10.6 Å². The number of aldehydes is 1. The molecule has 4 aromatic rings. The van der Waals surface area contributed by atoms with Crippen molar-refractivity contribution in [3.63, 3.8) is 0 Å². The number of esters is 1. The Morgan fingerprint density at radius 2 is 1.75 bits per heavy atom. The van der Waals surface area contributed by atoms with Gasteiger partial charge in [-0.05, 0) is 57.4 Å². The van der Waals surface area contributed by atoms with Crippen LogP contribution in [-0.2, 0) is 42.3 Å². The first kappa shape index (κ1) is 34.2. The molecule has 0 aliphatic carbocycles. The molecule has 0 saturated carbocycles. The first-order valence-corrected chi connectivity index (χ1v) is 15.9. The highest BCUT2D eigenvalue weighted by Crippen LogP contribution is 2.39. The van der Waals surface area contributed by atoms with Gasteiger partial charge in [-0.25, -0.2) is 4.39 Å². The second-order valence-corrected chi connectivity index (χ2v) is 12.9. The van der Waals surface area contributed by atoms with Gasteiger partial charge in [0.25, 0.3) is 0 Å². The highest BCUT2D eigenvalue weighted by Gasteiger charge is 2.29. The number of carbonyl (C=O) groups is 5. The van der Waals surface area contributed by atoms with E-state index in [0.29, 0.717) is 59.0 Å². The number of benzene rings is 2. The van der Waals surface area contributed by atoms with Crippen LogP contribution in [0.4, 0.5) is 4.39 Å². The average Bonchev–Trinajstić information content (AvgIpc) is 3.60. The lowest BCUT2D eigenvalue weighted by Gasteiger charge is -2.31. The second-order valence-electron chi connectivity index (χ2n) is 12.9. The number of amides is 3. The predicted molar refractivity (Wildman–Crippen MR) is 175 cm³/mol. The van der Waals surface area contributed by atoms with E-state index in [1.807, 2.05) is 12.1 Å². The van der Waals surface area contributed by atoms with Crippen molar-refractivity contribution < 1.29 is 33.1 Å². The van der Waals surface area contributed by atoms with E-state index >= 15 is 4.39 Å². The van der Waals surface area contributed by atoms with Crippen LogP contribution in [0.1, 0.15) is 58.1 Å². The van der Waals surface area contributed by atoms with Gasteiger partial charge in [0.15, 0.2) is 0 Å². The number of hydrogen-bond acceptors (Lipinski definition) is 8. The molecule has 254 valence electrons. The number of aromatic nitrogens is 4. The number of rotatable bonds is 11. The standard InChI is InChI=1S/C34H40FN7O6/c1-34(2,3)48-31(47)19-37-28(44)18-36-29(45)20-42-26-8-5-7-23(24-16-27-22(15-25(24)35)17-38-40(27)4)32(26)33(39-42)21-10-12-41(13-11-21)30(46)9-6-14-43/h5,7-8,14-17,21H,6,9-13,18-20H2,1-4H3,(H,36,45)(H,37,44). The van der Waals surface area contributed by atoms with Crippen molar-refractivity contribution in [2.24, 2.45) is 7.05 Å². The summed E-state index contributed by atoms with van der Waals surface area (Å²) in [6.45, 7) is 5.22. The fraction of sp³-hybridized carbons (Fsp3) is 0.441. The third-order valence-electron chi connectivity index (χ3n) is 8.23. The zero-order chi connectivity index (χ0) is 34.6. The van der Waals surface area contributed by atoms with Crippen LogP contribution in [0, 0.1) is 5.82 Å². The van der Waals surface area contributed by atoms with Gasteiger partial charge in [0.1, 0.15) is 30.8 Å². The van der Waals surface area contributed by atoms with Crippen molar-refractivity contribution in [1.29, 1.82) is 0 Å². The largest absolute Gasteiger partial charge is 0.459 e. The van der Waals surface area contributed by atoms with Gasteiger partial charge < -0.3 is 25.1 Å². The molecular weight excluding hydrogens is 621 g/mol. The van der Waals surface area contributed by atoms with Gasteiger partial charge in [-0.2, -0.15) is 10.2 Å². The fourth-order valence-corrected chi connectivity index (χ4v) is 5.99. The van der Waals surface area contributed by atoms with Crippen molar-refractivity contribution in [1.82, 2.24) is 35.1 Å². The molecule has 3 amide bonds. The molecule has 1 aliphatic rings. The minimum Gasteiger partial charge on any atom is -0.459 e. The molecule has 48 heavy (non-hydrogen) atoms. The Kier molecular flexibility index (Phi) is 10.2. The third kappa shape index (κ3) is 7.86. The number of aryl methyl sites for hydroxylation is 1. The molecule has 0 unspecified atom stereocenters. The Labute approximate surface area is 276 Å².